The second-order valence-corrected chi connectivity index (χ2v) is 6.59. The van der Waals surface area contributed by atoms with Crippen molar-refractivity contribution in [3.63, 3.8) is 0 Å². The van der Waals surface area contributed by atoms with Crippen molar-refractivity contribution >= 4 is 17.6 Å². The van der Waals surface area contributed by atoms with Gasteiger partial charge < -0.3 is 24.4 Å². The van der Waals surface area contributed by atoms with Crippen molar-refractivity contribution in [2.45, 2.75) is 6.54 Å². The van der Waals surface area contributed by atoms with E-state index in [0.29, 0.717) is 17.0 Å². The van der Waals surface area contributed by atoms with E-state index in [9.17, 15) is 9.59 Å². The summed E-state index contributed by atoms with van der Waals surface area (Å²) in [5.74, 6) is -0.218. The molecule has 7 heteroatoms. The fourth-order valence-electron chi connectivity index (χ4n) is 2.97. The van der Waals surface area contributed by atoms with Crippen molar-refractivity contribution in [1.82, 2.24) is 0 Å². The SMILES string of the molecule is COc1ccc(NC(=O)COC(=O)c2ccc(C[NH+]3CCOCC3)cc2)cc1. The van der Waals surface area contributed by atoms with Gasteiger partial charge in [0.05, 0.1) is 25.9 Å². The molecule has 1 amide bonds. The number of morpholine rings is 1. The number of nitrogens with one attached hydrogen (secondary N) is 2. The fraction of sp³-hybridized carbons (Fsp3) is 0.333. The zero-order valence-electron chi connectivity index (χ0n) is 15.9. The summed E-state index contributed by atoms with van der Waals surface area (Å²) < 4.78 is 15.5. The highest BCUT2D eigenvalue weighted by Crippen LogP contribution is 2.15. The Morgan fingerprint density at radius 3 is 2.36 bits per heavy atom. The van der Waals surface area contributed by atoms with Crippen LogP contribution in [0.25, 0.3) is 0 Å². The van der Waals surface area contributed by atoms with Gasteiger partial charge in [-0.1, -0.05) is 12.1 Å². The first-order valence-electron chi connectivity index (χ1n) is 9.25. The molecule has 1 saturated heterocycles. The quantitative estimate of drug-likeness (QED) is 0.693. The minimum atomic E-state index is -0.518. The smallest absolute Gasteiger partial charge is 0.338 e. The largest absolute Gasteiger partial charge is 0.497 e. The zero-order valence-corrected chi connectivity index (χ0v) is 15.9. The summed E-state index contributed by atoms with van der Waals surface area (Å²) in [5, 5.41) is 2.67. The van der Waals surface area contributed by atoms with Gasteiger partial charge in [0.15, 0.2) is 6.61 Å². The molecule has 3 rings (SSSR count). The number of amides is 1. The van der Waals surface area contributed by atoms with Crippen LogP contribution in [0.4, 0.5) is 5.69 Å². The minimum absolute atomic E-state index is 0.343. The van der Waals surface area contributed by atoms with E-state index in [0.717, 1.165) is 38.4 Å². The molecule has 0 saturated carbocycles. The van der Waals surface area contributed by atoms with Gasteiger partial charge in [-0.05, 0) is 36.4 Å². The Morgan fingerprint density at radius 1 is 1.04 bits per heavy atom. The Morgan fingerprint density at radius 2 is 1.71 bits per heavy atom. The topological polar surface area (TPSA) is 78.3 Å². The highest BCUT2D eigenvalue weighted by atomic mass is 16.5. The van der Waals surface area contributed by atoms with Gasteiger partial charge in [0.2, 0.25) is 0 Å². The van der Waals surface area contributed by atoms with Crippen LogP contribution in [0.3, 0.4) is 0 Å². The Labute approximate surface area is 164 Å². The molecule has 0 unspecified atom stereocenters. The number of rotatable bonds is 7. The fourth-order valence-corrected chi connectivity index (χ4v) is 2.97. The summed E-state index contributed by atoms with van der Waals surface area (Å²) in [6, 6.07) is 14.2. The molecule has 0 bridgehead atoms. The van der Waals surface area contributed by atoms with E-state index in [1.807, 2.05) is 12.1 Å². The van der Waals surface area contributed by atoms with Crippen LogP contribution in [0.5, 0.6) is 5.75 Å². The third-order valence-corrected chi connectivity index (χ3v) is 4.55. The summed E-state index contributed by atoms with van der Waals surface area (Å²) in [4.78, 5) is 25.6. The maximum absolute atomic E-state index is 12.1. The summed E-state index contributed by atoms with van der Waals surface area (Å²) in [6.45, 7) is 4.13. The third-order valence-electron chi connectivity index (χ3n) is 4.55. The molecule has 28 heavy (non-hydrogen) atoms. The second kappa shape index (κ2) is 9.87. The van der Waals surface area contributed by atoms with E-state index in [1.165, 1.54) is 4.90 Å². The van der Waals surface area contributed by atoms with Gasteiger partial charge in [0, 0.05) is 11.3 Å². The van der Waals surface area contributed by atoms with Crippen LogP contribution in [0.15, 0.2) is 48.5 Å². The first kappa shape index (κ1) is 19.9. The van der Waals surface area contributed by atoms with Crippen molar-refractivity contribution < 1.29 is 28.7 Å². The first-order valence-corrected chi connectivity index (χ1v) is 9.25. The van der Waals surface area contributed by atoms with Crippen molar-refractivity contribution in [3.05, 3.63) is 59.7 Å². The Kier molecular flexibility index (Phi) is 7.00. The van der Waals surface area contributed by atoms with Crippen LogP contribution >= 0.6 is 0 Å². The van der Waals surface area contributed by atoms with E-state index in [4.69, 9.17) is 14.2 Å². The molecule has 1 fully saturated rings. The lowest BCUT2D eigenvalue weighted by Gasteiger charge is -2.23. The third kappa shape index (κ3) is 5.80. The molecule has 1 aliphatic rings. The lowest BCUT2D eigenvalue weighted by molar-refractivity contribution is -0.921. The molecule has 0 radical (unpaired) electrons. The van der Waals surface area contributed by atoms with Gasteiger partial charge in [-0.3, -0.25) is 4.79 Å². The minimum Gasteiger partial charge on any atom is -0.497 e. The molecule has 1 aliphatic heterocycles. The van der Waals surface area contributed by atoms with Crippen molar-refractivity contribution in [3.8, 4) is 5.75 Å². The number of benzene rings is 2. The molecule has 0 spiro atoms. The lowest BCUT2D eigenvalue weighted by Crippen LogP contribution is -3.12. The Hall–Kier alpha value is -2.90. The summed E-state index contributed by atoms with van der Waals surface area (Å²) in [6.07, 6.45) is 0. The standard InChI is InChI=1S/C21H24N2O5/c1-26-19-8-6-18(7-9-19)22-20(24)15-28-21(25)17-4-2-16(3-5-17)14-23-10-12-27-13-11-23/h2-9H,10-15H2,1H3,(H,22,24)/p+1. The van der Waals surface area contributed by atoms with Crippen LogP contribution in [-0.4, -0.2) is 51.9 Å². The summed E-state index contributed by atoms with van der Waals surface area (Å²) in [5.41, 5.74) is 2.19. The summed E-state index contributed by atoms with van der Waals surface area (Å²) >= 11 is 0. The van der Waals surface area contributed by atoms with Gasteiger partial charge in [-0.15, -0.1) is 0 Å². The Balaban J connectivity index is 1.45. The zero-order chi connectivity index (χ0) is 19.8. The number of quaternary nitrogens is 1. The van der Waals surface area contributed by atoms with Crippen molar-refractivity contribution in [1.29, 1.82) is 0 Å². The van der Waals surface area contributed by atoms with Gasteiger partial charge in [0.1, 0.15) is 25.4 Å². The molecule has 148 valence electrons. The van der Waals surface area contributed by atoms with Crippen molar-refractivity contribution in [2.24, 2.45) is 0 Å². The number of carbonyl (C=O) groups is 2. The number of methoxy groups -OCH3 is 1. The average Bonchev–Trinajstić information content (AvgIpc) is 2.74. The van der Waals surface area contributed by atoms with Gasteiger partial charge >= 0.3 is 5.97 Å². The second-order valence-electron chi connectivity index (χ2n) is 6.59. The van der Waals surface area contributed by atoms with Gasteiger partial charge in [0.25, 0.3) is 5.91 Å². The number of anilines is 1. The number of ether oxygens (including phenoxy) is 3. The molecule has 2 N–H and O–H groups in total. The molecule has 7 nitrogen and oxygen atoms in total. The Bertz CT molecular complexity index is 783. The normalized spacial score (nSPS) is 14.3. The van der Waals surface area contributed by atoms with Gasteiger partial charge in [-0.2, -0.15) is 0 Å². The van der Waals surface area contributed by atoms with Gasteiger partial charge in [-0.25, -0.2) is 4.79 Å². The maximum atomic E-state index is 12.1. The molecular formula is C21H25N2O5+. The molecule has 2 aromatic rings. The van der Waals surface area contributed by atoms with E-state index in [-0.39, 0.29) is 6.61 Å². The predicted octanol–water partition coefficient (Wildman–Crippen LogP) is 0.906. The maximum Gasteiger partial charge on any atom is 0.338 e. The number of hydrogen-bond acceptors (Lipinski definition) is 5. The molecule has 0 atom stereocenters. The van der Waals surface area contributed by atoms with Crippen LogP contribution in [-0.2, 0) is 20.8 Å². The van der Waals surface area contributed by atoms with E-state index in [2.05, 4.69) is 5.32 Å². The summed E-state index contributed by atoms with van der Waals surface area (Å²) in [7, 11) is 1.57. The lowest BCUT2D eigenvalue weighted by atomic mass is 10.1. The van der Waals surface area contributed by atoms with Crippen LogP contribution < -0.4 is 15.0 Å². The van der Waals surface area contributed by atoms with Crippen LogP contribution in [0.1, 0.15) is 15.9 Å². The first-order chi connectivity index (χ1) is 13.6. The highest BCUT2D eigenvalue weighted by Gasteiger charge is 2.15. The number of hydrogen-bond donors (Lipinski definition) is 2. The monoisotopic (exact) mass is 385 g/mol. The van der Waals surface area contributed by atoms with Crippen LogP contribution in [0.2, 0.25) is 0 Å². The van der Waals surface area contributed by atoms with E-state index in [1.54, 1.807) is 43.5 Å². The molecule has 1 heterocycles. The average molecular weight is 385 g/mol. The van der Waals surface area contributed by atoms with Crippen LogP contribution in [0, 0.1) is 0 Å². The number of esters is 1. The highest BCUT2D eigenvalue weighted by molar-refractivity contribution is 5.95. The van der Waals surface area contributed by atoms with E-state index < -0.39 is 11.9 Å². The molecule has 0 aromatic heterocycles. The van der Waals surface area contributed by atoms with Crippen molar-refractivity contribution in [2.75, 3.05) is 45.3 Å². The van der Waals surface area contributed by atoms with E-state index >= 15 is 0 Å². The number of carbonyl (C=O) groups excluding carboxylic acids is 2. The molecular weight excluding hydrogens is 360 g/mol. The molecule has 2 aromatic carbocycles. The predicted molar refractivity (Wildman–Crippen MR) is 104 cm³/mol. The molecule has 0 aliphatic carbocycles.